The van der Waals surface area contributed by atoms with Crippen LogP contribution < -0.4 is 4.90 Å². The second kappa shape index (κ2) is 11.8. The number of hydrogen-bond acceptors (Lipinski definition) is 2. The summed E-state index contributed by atoms with van der Waals surface area (Å²) in [5.41, 5.74) is 4.51. The standard InChI is InChI=1S/C28H31NS/c1-7-12-18-24(17-11-5)29(23(15-9-3)16-10-4)26-20-14-21-27-28(26)25(19-13-8-2)22(6)30-27/h7-21H,2-3H2,1,4-6H3/b12-7-,16-10-,17-11-,19-13-,23-15+,24-18+. The van der Waals surface area contributed by atoms with Gasteiger partial charge < -0.3 is 4.90 Å². The summed E-state index contributed by atoms with van der Waals surface area (Å²) >= 11 is 1.82. The molecule has 0 atom stereocenters. The van der Waals surface area contributed by atoms with Crippen molar-refractivity contribution in [1.29, 1.82) is 0 Å². The van der Waals surface area contributed by atoms with Crippen LogP contribution in [0, 0.1) is 6.92 Å². The fourth-order valence-electron chi connectivity index (χ4n) is 3.32. The van der Waals surface area contributed by atoms with E-state index in [1.54, 1.807) is 0 Å². The summed E-state index contributed by atoms with van der Waals surface area (Å²) in [7, 11) is 0. The fourth-order valence-corrected chi connectivity index (χ4v) is 4.39. The lowest BCUT2D eigenvalue weighted by atomic mass is 10.1. The molecule has 0 amide bonds. The molecule has 0 aliphatic heterocycles. The van der Waals surface area contributed by atoms with E-state index in [4.69, 9.17) is 0 Å². The third-order valence-electron chi connectivity index (χ3n) is 4.50. The minimum absolute atomic E-state index is 1.05. The summed E-state index contributed by atoms with van der Waals surface area (Å²) in [6.07, 6.45) is 24.5. The topological polar surface area (TPSA) is 3.24 Å². The van der Waals surface area contributed by atoms with Gasteiger partial charge in [0.15, 0.2) is 0 Å². The molecule has 1 nitrogen and oxygen atoms in total. The number of benzene rings is 1. The maximum Gasteiger partial charge on any atom is 0.0554 e. The van der Waals surface area contributed by atoms with Crippen molar-refractivity contribution < 1.29 is 0 Å². The van der Waals surface area contributed by atoms with E-state index in [0.717, 1.165) is 17.1 Å². The van der Waals surface area contributed by atoms with Crippen molar-refractivity contribution in [3.05, 3.63) is 120 Å². The Hall–Kier alpha value is -3.10. The van der Waals surface area contributed by atoms with E-state index in [1.807, 2.05) is 62.5 Å². The Kier molecular flexibility index (Phi) is 9.11. The first kappa shape index (κ1) is 23.2. The van der Waals surface area contributed by atoms with Crippen molar-refractivity contribution in [3.63, 3.8) is 0 Å². The molecule has 2 rings (SSSR count). The molecule has 1 heterocycles. The zero-order valence-corrected chi connectivity index (χ0v) is 19.2. The average Bonchev–Trinajstić information content (AvgIpc) is 3.06. The van der Waals surface area contributed by atoms with Crippen LogP contribution in [0.15, 0.2) is 110 Å². The minimum Gasteiger partial charge on any atom is -0.310 e. The summed E-state index contributed by atoms with van der Waals surface area (Å²) in [6.45, 7) is 16.1. The summed E-state index contributed by atoms with van der Waals surface area (Å²) in [5, 5.41) is 1.24. The Bertz CT molecular complexity index is 1070. The smallest absolute Gasteiger partial charge is 0.0554 e. The van der Waals surface area contributed by atoms with E-state index >= 15 is 0 Å². The first-order valence-electron chi connectivity index (χ1n) is 10.1. The summed E-state index contributed by atoms with van der Waals surface area (Å²) in [4.78, 5) is 3.59. The molecule has 0 saturated heterocycles. The van der Waals surface area contributed by atoms with E-state index in [-0.39, 0.29) is 0 Å². The molecule has 0 bridgehead atoms. The van der Waals surface area contributed by atoms with Gasteiger partial charge in [0.1, 0.15) is 0 Å². The van der Waals surface area contributed by atoms with Gasteiger partial charge in [0.25, 0.3) is 0 Å². The fraction of sp³-hybridized carbons (Fsp3) is 0.143. The lowest BCUT2D eigenvalue weighted by Crippen LogP contribution is -2.20. The van der Waals surface area contributed by atoms with E-state index < -0.39 is 0 Å². The van der Waals surface area contributed by atoms with Crippen LogP contribution in [0.3, 0.4) is 0 Å². The second-order valence-electron chi connectivity index (χ2n) is 6.60. The molecule has 0 aliphatic rings. The number of thiophene rings is 1. The zero-order valence-electron chi connectivity index (χ0n) is 18.4. The number of nitrogens with zero attached hydrogens (tertiary/aromatic N) is 1. The van der Waals surface area contributed by atoms with E-state index in [0.29, 0.717) is 0 Å². The molecule has 0 N–H and O–H groups in total. The van der Waals surface area contributed by atoms with Crippen molar-refractivity contribution in [2.45, 2.75) is 27.7 Å². The molecule has 2 heteroatoms. The number of hydrogen-bond donors (Lipinski definition) is 0. The molecule has 0 fully saturated rings. The molecule has 0 radical (unpaired) electrons. The highest BCUT2D eigenvalue weighted by Gasteiger charge is 2.19. The molecule has 2 aromatic rings. The summed E-state index contributed by atoms with van der Waals surface area (Å²) in [5.74, 6) is 0. The number of allylic oxidation sites excluding steroid dienone is 11. The van der Waals surface area contributed by atoms with Crippen LogP contribution in [0.25, 0.3) is 16.2 Å². The minimum atomic E-state index is 1.05. The lowest BCUT2D eigenvalue weighted by molar-refractivity contribution is 1.15. The number of anilines is 1. The molecule has 1 aromatic carbocycles. The molecule has 30 heavy (non-hydrogen) atoms. The first-order valence-corrected chi connectivity index (χ1v) is 11.0. The molecule has 0 saturated carbocycles. The largest absolute Gasteiger partial charge is 0.310 e. The number of fused-ring (bicyclic) bond motifs is 1. The van der Waals surface area contributed by atoms with Crippen molar-refractivity contribution >= 4 is 33.2 Å². The third-order valence-corrected chi connectivity index (χ3v) is 5.58. The molecule has 0 unspecified atom stereocenters. The maximum absolute atomic E-state index is 3.94. The summed E-state index contributed by atoms with van der Waals surface area (Å²) < 4.78 is 1.27. The molecule has 0 aliphatic carbocycles. The Morgan fingerprint density at radius 2 is 1.60 bits per heavy atom. The maximum atomic E-state index is 3.94. The van der Waals surface area contributed by atoms with Crippen LogP contribution in [0.4, 0.5) is 5.69 Å². The van der Waals surface area contributed by atoms with E-state index in [2.05, 4.69) is 85.7 Å². The van der Waals surface area contributed by atoms with Crippen LogP contribution in [0.1, 0.15) is 31.2 Å². The quantitative estimate of drug-likeness (QED) is 0.371. The Labute approximate surface area is 185 Å². The Morgan fingerprint density at radius 1 is 0.900 bits per heavy atom. The van der Waals surface area contributed by atoms with Gasteiger partial charge in [-0.25, -0.2) is 0 Å². The van der Waals surface area contributed by atoms with Crippen LogP contribution in [0.2, 0.25) is 0 Å². The highest BCUT2D eigenvalue weighted by atomic mass is 32.1. The highest BCUT2D eigenvalue weighted by Crippen LogP contribution is 2.41. The van der Waals surface area contributed by atoms with Gasteiger partial charge in [0, 0.05) is 26.4 Å². The van der Waals surface area contributed by atoms with Gasteiger partial charge in [-0.3, -0.25) is 0 Å². The van der Waals surface area contributed by atoms with Gasteiger partial charge in [-0.1, -0.05) is 67.8 Å². The zero-order chi connectivity index (χ0) is 21.9. The van der Waals surface area contributed by atoms with Crippen molar-refractivity contribution in [2.24, 2.45) is 0 Å². The van der Waals surface area contributed by atoms with Crippen LogP contribution >= 0.6 is 11.3 Å². The number of rotatable bonds is 9. The summed E-state index contributed by atoms with van der Waals surface area (Å²) in [6, 6.07) is 6.51. The lowest BCUT2D eigenvalue weighted by Gasteiger charge is -2.28. The van der Waals surface area contributed by atoms with Crippen LogP contribution in [0.5, 0.6) is 0 Å². The van der Waals surface area contributed by atoms with Crippen LogP contribution in [-0.2, 0) is 0 Å². The van der Waals surface area contributed by atoms with Gasteiger partial charge in [-0.2, -0.15) is 0 Å². The molecule has 1 aromatic heterocycles. The Morgan fingerprint density at radius 3 is 2.20 bits per heavy atom. The molecule has 154 valence electrons. The van der Waals surface area contributed by atoms with Crippen LogP contribution in [-0.4, -0.2) is 0 Å². The molecular formula is C28H31NS. The molecule has 0 spiro atoms. The van der Waals surface area contributed by atoms with Gasteiger partial charge >= 0.3 is 0 Å². The average molecular weight is 414 g/mol. The normalized spacial score (nSPS) is 13.5. The van der Waals surface area contributed by atoms with Crippen molar-refractivity contribution in [3.8, 4) is 0 Å². The predicted octanol–water partition coefficient (Wildman–Crippen LogP) is 8.90. The van der Waals surface area contributed by atoms with E-state index in [1.165, 1.54) is 20.5 Å². The SMILES string of the molecule is C=C/C=C\c1c(C)sc2cccc(N(C(/C=C\C)=C/C=C)C(/C=C\C)=C/C=C\C)c12. The number of aryl methyl sites for hydroxylation is 1. The van der Waals surface area contributed by atoms with Gasteiger partial charge in [-0.05, 0) is 69.7 Å². The monoisotopic (exact) mass is 413 g/mol. The molecular weight excluding hydrogens is 382 g/mol. The van der Waals surface area contributed by atoms with Crippen molar-refractivity contribution in [1.82, 2.24) is 0 Å². The van der Waals surface area contributed by atoms with E-state index in [9.17, 15) is 0 Å². The second-order valence-corrected chi connectivity index (χ2v) is 7.85. The third kappa shape index (κ3) is 5.28. The van der Waals surface area contributed by atoms with Gasteiger partial charge in [0.2, 0.25) is 0 Å². The van der Waals surface area contributed by atoms with Crippen molar-refractivity contribution in [2.75, 3.05) is 4.90 Å². The predicted molar refractivity (Wildman–Crippen MR) is 139 cm³/mol. The van der Waals surface area contributed by atoms with Gasteiger partial charge in [-0.15, -0.1) is 11.3 Å². The highest BCUT2D eigenvalue weighted by molar-refractivity contribution is 7.19. The first-order chi connectivity index (χ1) is 14.6. The van der Waals surface area contributed by atoms with Gasteiger partial charge in [0.05, 0.1) is 5.69 Å². The Balaban J connectivity index is 2.96.